The van der Waals surface area contributed by atoms with E-state index >= 15 is 0 Å². The third-order valence-corrected chi connectivity index (χ3v) is 6.07. The van der Waals surface area contributed by atoms with Gasteiger partial charge in [0.1, 0.15) is 9.71 Å². The highest BCUT2D eigenvalue weighted by Gasteiger charge is 2.27. The Labute approximate surface area is 156 Å². The number of carbonyl (C=O) groups excluding carboxylic acids is 1. The van der Waals surface area contributed by atoms with Crippen molar-refractivity contribution >= 4 is 38.8 Å². The van der Waals surface area contributed by atoms with E-state index in [0.717, 1.165) is 36.2 Å². The van der Waals surface area contributed by atoms with Crippen LogP contribution in [0.4, 0.5) is 11.4 Å². The fraction of sp³-hybridized carbons (Fsp3) is 0.316. The monoisotopic (exact) mass is 367 g/mol. The number of rotatable bonds is 3. The topological polar surface area (TPSA) is 84.1 Å². The first-order chi connectivity index (χ1) is 12.5. The number of carbonyl (C=O) groups is 1. The quantitative estimate of drug-likeness (QED) is 0.744. The lowest BCUT2D eigenvalue weighted by Gasteiger charge is -2.18. The number of benzene rings is 1. The minimum Gasteiger partial charge on any atom is -0.397 e. The van der Waals surface area contributed by atoms with E-state index in [1.165, 1.54) is 17.0 Å². The number of hydrogen-bond donors (Lipinski definition) is 2. The third kappa shape index (κ3) is 2.88. The fourth-order valence-electron chi connectivity index (χ4n) is 3.41. The zero-order valence-corrected chi connectivity index (χ0v) is 15.6. The molecule has 1 amide bonds. The Balaban J connectivity index is 1.52. The lowest BCUT2D eigenvalue weighted by Crippen LogP contribution is -2.37. The van der Waals surface area contributed by atoms with Crippen LogP contribution in [-0.4, -0.2) is 35.2 Å². The van der Waals surface area contributed by atoms with Crippen LogP contribution in [0.1, 0.15) is 27.3 Å². The molecule has 0 aliphatic carbocycles. The largest absolute Gasteiger partial charge is 0.397 e. The molecule has 1 atom stereocenters. The minimum absolute atomic E-state index is 0.112. The summed E-state index contributed by atoms with van der Waals surface area (Å²) in [5, 5.41) is 12.3. The molecule has 3 heterocycles. The van der Waals surface area contributed by atoms with Crippen molar-refractivity contribution in [3.63, 3.8) is 0 Å². The third-order valence-electron chi connectivity index (χ3n) is 4.99. The predicted octanol–water partition coefficient (Wildman–Crippen LogP) is 2.90. The van der Waals surface area contributed by atoms with Crippen LogP contribution in [0.25, 0.3) is 10.2 Å². The summed E-state index contributed by atoms with van der Waals surface area (Å²) in [7, 11) is 0. The summed E-state index contributed by atoms with van der Waals surface area (Å²) in [5.74, 6) is -0.123. The van der Waals surface area contributed by atoms with Crippen molar-refractivity contribution in [1.29, 1.82) is 0 Å². The summed E-state index contributed by atoms with van der Waals surface area (Å²) in [6.45, 7) is 5.60. The van der Waals surface area contributed by atoms with Crippen LogP contribution in [0.3, 0.4) is 0 Å². The molecule has 3 N–H and O–H groups in total. The van der Waals surface area contributed by atoms with Crippen molar-refractivity contribution in [3.05, 3.63) is 46.5 Å². The first-order valence-electron chi connectivity index (χ1n) is 8.67. The van der Waals surface area contributed by atoms with E-state index in [2.05, 4.69) is 32.5 Å². The number of anilines is 2. The number of thiophene rings is 1. The predicted molar refractivity (Wildman–Crippen MR) is 106 cm³/mol. The van der Waals surface area contributed by atoms with Crippen LogP contribution >= 0.6 is 11.3 Å². The van der Waals surface area contributed by atoms with Crippen LogP contribution in [0.5, 0.6) is 0 Å². The number of fused-ring (bicyclic) bond motifs is 1. The zero-order valence-electron chi connectivity index (χ0n) is 14.8. The highest BCUT2D eigenvalue weighted by atomic mass is 32.1. The van der Waals surface area contributed by atoms with E-state index in [1.54, 1.807) is 0 Å². The standard InChI is InChI=1S/C19H21N5OS/c1-11-12(2)22-23-19-15(11)16(20)17(26-19)18(25)21-13-8-9-24(10-13)14-6-4-3-5-7-14/h3-7,13H,8-10,20H2,1-2H3,(H,21,25). The van der Waals surface area contributed by atoms with Crippen molar-refractivity contribution in [2.45, 2.75) is 26.3 Å². The molecule has 0 bridgehead atoms. The number of hydrogen-bond acceptors (Lipinski definition) is 6. The molecule has 6 nitrogen and oxygen atoms in total. The maximum Gasteiger partial charge on any atom is 0.263 e. The van der Waals surface area contributed by atoms with Crippen LogP contribution < -0.4 is 16.0 Å². The van der Waals surface area contributed by atoms with E-state index in [1.807, 2.05) is 32.0 Å². The molecule has 1 aliphatic heterocycles. The Morgan fingerprint density at radius 1 is 1.27 bits per heavy atom. The van der Waals surface area contributed by atoms with Gasteiger partial charge in [0.2, 0.25) is 0 Å². The second-order valence-corrected chi connectivity index (χ2v) is 7.68. The molecule has 3 aromatic rings. The van der Waals surface area contributed by atoms with Gasteiger partial charge in [0, 0.05) is 30.2 Å². The van der Waals surface area contributed by atoms with E-state index in [9.17, 15) is 4.79 Å². The smallest absolute Gasteiger partial charge is 0.263 e. The average Bonchev–Trinajstić information content (AvgIpc) is 3.24. The molecule has 2 aromatic heterocycles. The van der Waals surface area contributed by atoms with Crippen molar-refractivity contribution < 1.29 is 4.79 Å². The Morgan fingerprint density at radius 2 is 2.04 bits per heavy atom. The van der Waals surface area contributed by atoms with Crippen LogP contribution in [-0.2, 0) is 0 Å². The Hall–Kier alpha value is -2.67. The van der Waals surface area contributed by atoms with Crippen molar-refractivity contribution in [3.8, 4) is 0 Å². The molecular weight excluding hydrogens is 346 g/mol. The Bertz CT molecular complexity index is 969. The molecule has 1 aromatic carbocycles. The number of para-hydroxylation sites is 1. The molecule has 134 valence electrons. The second-order valence-electron chi connectivity index (χ2n) is 6.68. The number of nitrogen functional groups attached to an aromatic ring is 1. The fourth-order valence-corrected chi connectivity index (χ4v) is 4.42. The second kappa shape index (κ2) is 6.57. The van der Waals surface area contributed by atoms with Gasteiger partial charge < -0.3 is 16.0 Å². The molecule has 0 spiro atoms. The number of nitrogens with zero attached hydrogens (tertiary/aromatic N) is 3. The highest BCUT2D eigenvalue weighted by Crippen LogP contribution is 2.35. The van der Waals surface area contributed by atoms with Gasteiger partial charge in [-0.25, -0.2) is 0 Å². The molecule has 1 fully saturated rings. The maximum atomic E-state index is 12.8. The number of amides is 1. The SMILES string of the molecule is Cc1nnc2sc(C(=O)NC3CCN(c4ccccc4)C3)c(N)c2c1C. The molecule has 0 radical (unpaired) electrons. The average molecular weight is 367 g/mol. The van der Waals surface area contributed by atoms with Gasteiger partial charge in [-0.2, -0.15) is 5.10 Å². The normalized spacial score (nSPS) is 17.0. The minimum atomic E-state index is -0.123. The molecule has 1 aliphatic rings. The lowest BCUT2D eigenvalue weighted by atomic mass is 10.1. The van der Waals surface area contributed by atoms with Crippen molar-refractivity contribution in [1.82, 2.24) is 15.5 Å². The molecule has 26 heavy (non-hydrogen) atoms. The summed E-state index contributed by atoms with van der Waals surface area (Å²) >= 11 is 1.31. The first-order valence-corrected chi connectivity index (χ1v) is 9.49. The van der Waals surface area contributed by atoms with Gasteiger partial charge >= 0.3 is 0 Å². The number of aromatic nitrogens is 2. The molecule has 4 rings (SSSR count). The van der Waals surface area contributed by atoms with E-state index < -0.39 is 0 Å². The van der Waals surface area contributed by atoms with Gasteiger partial charge in [0.15, 0.2) is 0 Å². The number of nitrogens with two attached hydrogens (primary N) is 1. The van der Waals surface area contributed by atoms with Crippen molar-refractivity contribution in [2.75, 3.05) is 23.7 Å². The summed E-state index contributed by atoms with van der Waals surface area (Å²) in [6, 6.07) is 10.4. The van der Waals surface area contributed by atoms with Gasteiger partial charge in [0.25, 0.3) is 5.91 Å². The molecule has 0 saturated carbocycles. The molecule has 7 heteroatoms. The van der Waals surface area contributed by atoms with E-state index in [0.29, 0.717) is 15.4 Å². The van der Waals surface area contributed by atoms with Crippen LogP contribution in [0, 0.1) is 13.8 Å². The summed E-state index contributed by atoms with van der Waals surface area (Å²) < 4.78 is 0. The van der Waals surface area contributed by atoms with Gasteiger partial charge in [-0.15, -0.1) is 16.4 Å². The number of aryl methyl sites for hydroxylation is 2. The van der Waals surface area contributed by atoms with Gasteiger partial charge in [-0.3, -0.25) is 4.79 Å². The van der Waals surface area contributed by atoms with Gasteiger partial charge in [0.05, 0.1) is 11.4 Å². The number of nitrogens with one attached hydrogen (secondary N) is 1. The van der Waals surface area contributed by atoms with E-state index in [-0.39, 0.29) is 11.9 Å². The van der Waals surface area contributed by atoms with Gasteiger partial charge in [-0.05, 0) is 38.0 Å². The first kappa shape index (κ1) is 16.8. The van der Waals surface area contributed by atoms with Crippen LogP contribution in [0.15, 0.2) is 30.3 Å². The Kier molecular flexibility index (Phi) is 4.24. The lowest BCUT2D eigenvalue weighted by molar-refractivity contribution is 0.0945. The highest BCUT2D eigenvalue weighted by molar-refractivity contribution is 7.21. The van der Waals surface area contributed by atoms with Gasteiger partial charge in [-0.1, -0.05) is 18.2 Å². The van der Waals surface area contributed by atoms with Crippen molar-refractivity contribution in [2.24, 2.45) is 0 Å². The Morgan fingerprint density at radius 3 is 2.81 bits per heavy atom. The summed E-state index contributed by atoms with van der Waals surface area (Å²) in [6.07, 6.45) is 0.920. The zero-order chi connectivity index (χ0) is 18.3. The van der Waals surface area contributed by atoms with E-state index in [4.69, 9.17) is 5.73 Å². The summed E-state index contributed by atoms with van der Waals surface area (Å²) in [4.78, 5) is 16.3. The maximum absolute atomic E-state index is 12.8. The molecule has 1 saturated heterocycles. The summed E-state index contributed by atoms with van der Waals surface area (Å²) in [5.41, 5.74) is 9.79. The van der Waals surface area contributed by atoms with Crippen LogP contribution in [0.2, 0.25) is 0 Å². The molecule has 1 unspecified atom stereocenters. The molecular formula is C19H21N5OS.